The zero-order valence-electron chi connectivity index (χ0n) is 9.79. The molecule has 1 amide bonds. The predicted molar refractivity (Wildman–Crippen MR) is 64.0 cm³/mol. The fraction of sp³-hybridized carbons (Fsp3) is 0.900. The molecule has 15 heavy (non-hydrogen) atoms. The van der Waals surface area contributed by atoms with Gasteiger partial charge in [0.2, 0.25) is 5.91 Å². The summed E-state index contributed by atoms with van der Waals surface area (Å²) in [6.45, 7) is 6.16. The quantitative estimate of drug-likeness (QED) is 0.669. The number of nitrogens with two attached hydrogens (primary N) is 1. The van der Waals surface area contributed by atoms with Crippen LogP contribution >= 0.6 is 0 Å². The molecule has 0 heterocycles. The predicted octanol–water partition coefficient (Wildman–Crippen LogP) is 0.387. The van der Waals surface area contributed by atoms with Crippen LogP contribution in [0.15, 0.2) is 0 Å². The van der Waals surface area contributed by atoms with Crippen LogP contribution in [0.25, 0.3) is 0 Å². The zero-order valence-corrected chi connectivity index (χ0v) is 10.6. The molecule has 3 unspecified atom stereocenters. The molecule has 3 atom stereocenters. The van der Waals surface area contributed by atoms with Crippen molar-refractivity contribution in [2.24, 2.45) is 5.73 Å². The molecule has 3 N–H and O–H groups in total. The highest BCUT2D eigenvalue weighted by molar-refractivity contribution is 7.86. The van der Waals surface area contributed by atoms with Gasteiger partial charge < -0.3 is 11.1 Å². The molecule has 0 aliphatic carbocycles. The third-order valence-corrected chi connectivity index (χ3v) is 3.82. The van der Waals surface area contributed by atoms with E-state index in [1.54, 1.807) is 6.92 Å². The van der Waals surface area contributed by atoms with Gasteiger partial charge in [-0.3, -0.25) is 9.00 Å². The van der Waals surface area contributed by atoms with E-state index < -0.39 is 10.8 Å². The van der Waals surface area contributed by atoms with E-state index in [0.717, 1.165) is 12.8 Å². The molecule has 0 rings (SSSR count). The van der Waals surface area contributed by atoms with Crippen molar-refractivity contribution in [2.75, 3.05) is 12.3 Å². The van der Waals surface area contributed by atoms with Crippen LogP contribution in [0.4, 0.5) is 0 Å². The van der Waals surface area contributed by atoms with E-state index in [9.17, 15) is 9.00 Å². The third-order valence-electron chi connectivity index (χ3n) is 2.18. The molecule has 90 valence electrons. The highest BCUT2D eigenvalue weighted by atomic mass is 32.2. The SMILES string of the molecule is CCCC(C)NC(=O)CS(=O)C(C)CN. The van der Waals surface area contributed by atoms with Gasteiger partial charge in [-0.2, -0.15) is 0 Å². The first-order valence-corrected chi connectivity index (χ1v) is 6.76. The first-order valence-electron chi connectivity index (χ1n) is 5.37. The van der Waals surface area contributed by atoms with Crippen molar-refractivity contribution in [2.45, 2.75) is 44.9 Å². The molecule has 0 saturated heterocycles. The van der Waals surface area contributed by atoms with Gasteiger partial charge in [0.05, 0.1) is 0 Å². The van der Waals surface area contributed by atoms with Crippen LogP contribution in [0, 0.1) is 0 Å². The Kier molecular flexibility index (Phi) is 7.60. The molecule has 0 aromatic carbocycles. The molecule has 5 heteroatoms. The molecule has 0 aliphatic rings. The first-order chi connectivity index (χ1) is 7.01. The monoisotopic (exact) mass is 234 g/mol. The van der Waals surface area contributed by atoms with Crippen LogP contribution in [0.5, 0.6) is 0 Å². The van der Waals surface area contributed by atoms with Gasteiger partial charge in [-0.15, -0.1) is 0 Å². The van der Waals surface area contributed by atoms with Gasteiger partial charge in [-0.05, 0) is 20.3 Å². The lowest BCUT2D eigenvalue weighted by Gasteiger charge is -2.13. The Balaban J connectivity index is 3.88. The summed E-state index contributed by atoms with van der Waals surface area (Å²) < 4.78 is 11.5. The number of amides is 1. The van der Waals surface area contributed by atoms with E-state index >= 15 is 0 Å². The van der Waals surface area contributed by atoms with Crippen molar-refractivity contribution in [3.63, 3.8) is 0 Å². The van der Waals surface area contributed by atoms with E-state index in [-0.39, 0.29) is 23.0 Å². The summed E-state index contributed by atoms with van der Waals surface area (Å²) in [5.74, 6) is -0.0820. The number of carbonyl (C=O) groups is 1. The number of rotatable bonds is 7. The maximum absolute atomic E-state index is 11.5. The summed E-state index contributed by atoms with van der Waals surface area (Å²) >= 11 is 0. The molecule has 0 radical (unpaired) electrons. The molecule has 0 spiro atoms. The van der Waals surface area contributed by atoms with Gasteiger partial charge in [0, 0.05) is 28.6 Å². The molecule has 0 fully saturated rings. The number of nitrogens with one attached hydrogen (secondary N) is 1. The fourth-order valence-electron chi connectivity index (χ4n) is 1.20. The van der Waals surface area contributed by atoms with Crippen LogP contribution in [0.3, 0.4) is 0 Å². The van der Waals surface area contributed by atoms with Crippen LogP contribution in [0.1, 0.15) is 33.6 Å². The van der Waals surface area contributed by atoms with E-state index in [0.29, 0.717) is 6.54 Å². The second-order valence-corrected chi connectivity index (χ2v) is 5.68. The van der Waals surface area contributed by atoms with Crippen molar-refractivity contribution >= 4 is 16.7 Å². The summed E-state index contributed by atoms with van der Waals surface area (Å²) in [5, 5.41) is 2.70. The zero-order chi connectivity index (χ0) is 11.8. The van der Waals surface area contributed by atoms with Crippen LogP contribution in [0.2, 0.25) is 0 Å². The minimum Gasteiger partial charge on any atom is -0.353 e. The van der Waals surface area contributed by atoms with Crippen molar-refractivity contribution in [1.29, 1.82) is 0 Å². The van der Waals surface area contributed by atoms with Crippen LogP contribution in [-0.4, -0.2) is 33.7 Å². The molecule has 0 saturated carbocycles. The smallest absolute Gasteiger partial charge is 0.232 e. The minimum absolute atomic E-state index is 0.0619. The Hall–Kier alpha value is -0.420. The Labute approximate surface area is 94.4 Å². The second kappa shape index (κ2) is 7.82. The Morgan fingerprint density at radius 2 is 2.07 bits per heavy atom. The van der Waals surface area contributed by atoms with Crippen molar-refractivity contribution in [3.05, 3.63) is 0 Å². The van der Waals surface area contributed by atoms with Gasteiger partial charge in [0.1, 0.15) is 5.75 Å². The van der Waals surface area contributed by atoms with E-state index in [1.807, 2.05) is 6.92 Å². The van der Waals surface area contributed by atoms with Crippen molar-refractivity contribution < 1.29 is 9.00 Å². The molecular weight excluding hydrogens is 212 g/mol. The maximum atomic E-state index is 11.5. The largest absolute Gasteiger partial charge is 0.353 e. The lowest BCUT2D eigenvalue weighted by molar-refractivity contribution is -0.119. The second-order valence-electron chi connectivity index (χ2n) is 3.83. The van der Waals surface area contributed by atoms with Crippen molar-refractivity contribution in [1.82, 2.24) is 5.32 Å². The summed E-state index contributed by atoms with van der Waals surface area (Å²) in [4.78, 5) is 11.4. The van der Waals surface area contributed by atoms with Gasteiger partial charge in [-0.1, -0.05) is 13.3 Å². The standard InChI is InChI=1S/C10H22N2O2S/c1-4-5-8(2)12-10(13)7-15(14)9(3)6-11/h8-9H,4-7,11H2,1-3H3,(H,12,13). The number of hydrogen-bond donors (Lipinski definition) is 2. The Morgan fingerprint density at radius 3 is 2.53 bits per heavy atom. The molecule has 0 aromatic heterocycles. The average molecular weight is 234 g/mol. The third kappa shape index (κ3) is 6.62. The lowest BCUT2D eigenvalue weighted by Crippen LogP contribution is -2.37. The molecular formula is C10H22N2O2S. The lowest BCUT2D eigenvalue weighted by atomic mass is 10.2. The number of hydrogen-bond acceptors (Lipinski definition) is 3. The van der Waals surface area contributed by atoms with Gasteiger partial charge in [-0.25, -0.2) is 0 Å². The Morgan fingerprint density at radius 1 is 1.47 bits per heavy atom. The van der Waals surface area contributed by atoms with E-state index in [4.69, 9.17) is 5.73 Å². The van der Waals surface area contributed by atoms with E-state index in [1.165, 1.54) is 0 Å². The average Bonchev–Trinajstić information content (AvgIpc) is 2.16. The maximum Gasteiger partial charge on any atom is 0.232 e. The topological polar surface area (TPSA) is 72.2 Å². The normalized spacial score (nSPS) is 16.8. The van der Waals surface area contributed by atoms with Crippen LogP contribution < -0.4 is 11.1 Å². The Bertz CT molecular complexity index is 221. The minimum atomic E-state index is -1.15. The van der Waals surface area contributed by atoms with Gasteiger partial charge in [0.25, 0.3) is 0 Å². The molecule has 0 aliphatic heterocycles. The highest BCUT2D eigenvalue weighted by Gasteiger charge is 2.14. The molecule has 4 nitrogen and oxygen atoms in total. The first kappa shape index (κ1) is 14.6. The summed E-state index contributed by atoms with van der Waals surface area (Å²) in [6.07, 6.45) is 1.98. The number of carbonyl (C=O) groups excluding carboxylic acids is 1. The van der Waals surface area contributed by atoms with Crippen molar-refractivity contribution in [3.8, 4) is 0 Å². The summed E-state index contributed by atoms with van der Waals surface area (Å²) in [6, 6.07) is 0.160. The molecule has 0 aromatic rings. The highest BCUT2D eigenvalue weighted by Crippen LogP contribution is 1.97. The fourth-order valence-corrected chi connectivity index (χ4v) is 2.04. The van der Waals surface area contributed by atoms with E-state index in [2.05, 4.69) is 12.2 Å². The summed E-state index contributed by atoms with van der Waals surface area (Å²) in [7, 11) is -1.15. The summed E-state index contributed by atoms with van der Waals surface area (Å²) in [5.41, 5.74) is 5.37. The van der Waals surface area contributed by atoms with Gasteiger partial charge in [0.15, 0.2) is 0 Å². The molecule has 0 bridgehead atoms. The van der Waals surface area contributed by atoms with Gasteiger partial charge >= 0.3 is 0 Å². The van der Waals surface area contributed by atoms with Crippen LogP contribution in [-0.2, 0) is 15.6 Å².